The van der Waals surface area contributed by atoms with Crippen molar-refractivity contribution in [2.45, 2.75) is 57.7 Å². The van der Waals surface area contributed by atoms with Crippen molar-refractivity contribution >= 4 is 23.8 Å². The SMILES string of the molecule is C=CC1C[C@]1(NC(=O)[C@@H]1CCCN1C(=O)N[C@H](CNC(=O)c1cccc(F)c1)C(C)(C)C)C(=O)O. The molecule has 1 aromatic carbocycles. The van der Waals surface area contributed by atoms with Gasteiger partial charge in [0.05, 0.1) is 6.04 Å². The zero-order valence-corrected chi connectivity index (χ0v) is 20.3. The molecule has 0 spiro atoms. The third kappa shape index (κ3) is 5.80. The smallest absolute Gasteiger partial charge is 0.330 e. The molecule has 1 heterocycles. The van der Waals surface area contributed by atoms with Crippen LogP contribution in [0.3, 0.4) is 0 Å². The summed E-state index contributed by atoms with van der Waals surface area (Å²) in [4.78, 5) is 51.7. The van der Waals surface area contributed by atoms with Crippen molar-refractivity contribution in [2.24, 2.45) is 11.3 Å². The van der Waals surface area contributed by atoms with Crippen molar-refractivity contribution in [3.8, 4) is 0 Å². The zero-order valence-electron chi connectivity index (χ0n) is 20.3. The standard InChI is InChI=1S/C25H33FN4O5/c1-5-16-13-25(16,22(33)34)29-21(32)18-10-7-11-30(18)23(35)28-19(24(2,3)4)14-27-20(31)15-8-6-9-17(26)12-15/h5-6,8-9,12,16,18-19H,1,7,10-11,13-14H2,2-4H3,(H,27,31)(H,28,35)(H,29,32)(H,33,34)/t16?,18-,19+,25+/m0/s1. The highest BCUT2D eigenvalue weighted by Crippen LogP contribution is 2.44. The average molecular weight is 489 g/mol. The van der Waals surface area contributed by atoms with Crippen LogP contribution in [-0.2, 0) is 9.59 Å². The quantitative estimate of drug-likeness (QED) is 0.418. The Hall–Kier alpha value is -3.43. The molecule has 190 valence electrons. The molecular weight excluding hydrogens is 455 g/mol. The molecule has 2 fully saturated rings. The number of rotatable bonds is 8. The van der Waals surface area contributed by atoms with Gasteiger partial charge in [-0.05, 0) is 42.9 Å². The highest BCUT2D eigenvalue weighted by Gasteiger charge is 2.61. The molecule has 1 aliphatic carbocycles. The first-order valence-electron chi connectivity index (χ1n) is 11.7. The molecule has 1 aliphatic heterocycles. The van der Waals surface area contributed by atoms with E-state index in [-0.39, 0.29) is 24.4 Å². The fraction of sp³-hybridized carbons (Fsp3) is 0.520. The van der Waals surface area contributed by atoms with Gasteiger partial charge in [0.25, 0.3) is 5.91 Å². The molecule has 10 heteroatoms. The lowest BCUT2D eigenvalue weighted by Gasteiger charge is -2.34. The molecule has 0 radical (unpaired) electrons. The van der Waals surface area contributed by atoms with Crippen LogP contribution in [0, 0.1) is 17.2 Å². The maximum absolute atomic E-state index is 13.4. The lowest BCUT2D eigenvalue weighted by Crippen LogP contribution is -2.58. The molecule has 0 bridgehead atoms. The van der Waals surface area contributed by atoms with Crippen LogP contribution in [0.1, 0.15) is 50.4 Å². The summed E-state index contributed by atoms with van der Waals surface area (Å²) in [6.07, 6.45) is 2.81. The number of nitrogens with one attached hydrogen (secondary N) is 3. The van der Waals surface area contributed by atoms with Crippen LogP contribution in [0.4, 0.5) is 9.18 Å². The number of likely N-dealkylation sites (tertiary alicyclic amines) is 1. The van der Waals surface area contributed by atoms with Crippen molar-refractivity contribution < 1.29 is 28.7 Å². The maximum atomic E-state index is 13.4. The molecule has 1 saturated carbocycles. The zero-order chi connectivity index (χ0) is 26.0. The highest BCUT2D eigenvalue weighted by molar-refractivity contribution is 5.95. The third-order valence-corrected chi connectivity index (χ3v) is 6.74. The Morgan fingerprint density at radius 3 is 2.60 bits per heavy atom. The van der Waals surface area contributed by atoms with Crippen LogP contribution in [-0.4, -0.2) is 64.5 Å². The molecule has 4 amide bonds. The van der Waals surface area contributed by atoms with Crippen LogP contribution >= 0.6 is 0 Å². The number of hydrogen-bond acceptors (Lipinski definition) is 4. The van der Waals surface area contributed by atoms with Crippen molar-refractivity contribution in [3.05, 3.63) is 48.3 Å². The molecule has 1 saturated heterocycles. The minimum Gasteiger partial charge on any atom is -0.479 e. The third-order valence-electron chi connectivity index (χ3n) is 6.74. The van der Waals surface area contributed by atoms with E-state index in [1.54, 1.807) is 0 Å². The molecule has 1 aromatic rings. The summed E-state index contributed by atoms with van der Waals surface area (Å²) in [5.41, 5.74) is -1.63. The van der Waals surface area contributed by atoms with Crippen LogP contribution in [0.15, 0.2) is 36.9 Å². The number of carbonyl (C=O) groups excluding carboxylic acids is 3. The van der Waals surface area contributed by atoms with Crippen molar-refractivity contribution in [3.63, 3.8) is 0 Å². The van der Waals surface area contributed by atoms with E-state index in [0.29, 0.717) is 19.4 Å². The molecule has 0 aromatic heterocycles. The van der Waals surface area contributed by atoms with Gasteiger partial charge in [-0.2, -0.15) is 0 Å². The predicted molar refractivity (Wildman–Crippen MR) is 127 cm³/mol. The first-order valence-corrected chi connectivity index (χ1v) is 11.7. The van der Waals surface area contributed by atoms with Crippen molar-refractivity contribution in [1.29, 1.82) is 0 Å². The van der Waals surface area contributed by atoms with Gasteiger partial charge in [0, 0.05) is 24.6 Å². The summed E-state index contributed by atoms with van der Waals surface area (Å²) in [5, 5.41) is 17.8. The van der Waals surface area contributed by atoms with Gasteiger partial charge in [0.15, 0.2) is 0 Å². The molecule has 4 atom stereocenters. The number of urea groups is 1. The van der Waals surface area contributed by atoms with E-state index in [4.69, 9.17) is 0 Å². The molecular formula is C25H33FN4O5. The van der Waals surface area contributed by atoms with E-state index < -0.39 is 52.7 Å². The Kier molecular flexibility index (Phi) is 7.52. The summed E-state index contributed by atoms with van der Waals surface area (Å²) >= 11 is 0. The molecule has 4 N–H and O–H groups in total. The van der Waals surface area contributed by atoms with E-state index in [0.717, 1.165) is 6.07 Å². The topological polar surface area (TPSA) is 128 Å². The molecule has 3 rings (SSSR count). The lowest BCUT2D eigenvalue weighted by molar-refractivity contribution is -0.144. The van der Waals surface area contributed by atoms with Gasteiger partial charge in [-0.25, -0.2) is 14.0 Å². The fourth-order valence-electron chi connectivity index (χ4n) is 4.33. The van der Waals surface area contributed by atoms with Crippen LogP contribution in [0.25, 0.3) is 0 Å². The predicted octanol–water partition coefficient (Wildman–Crippen LogP) is 2.29. The monoisotopic (exact) mass is 488 g/mol. The first kappa shape index (κ1) is 26.2. The van der Waals surface area contributed by atoms with Gasteiger partial charge >= 0.3 is 12.0 Å². The average Bonchev–Trinajstić information content (AvgIpc) is 3.27. The van der Waals surface area contributed by atoms with Crippen molar-refractivity contribution in [1.82, 2.24) is 20.9 Å². The normalized spacial score (nSPS) is 24.3. The van der Waals surface area contributed by atoms with E-state index in [2.05, 4.69) is 22.5 Å². The number of hydrogen-bond donors (Lipinski definition) is 4. The Bertz CT molecular complexity index is 1020. The largest absolute Gasteiger partial charge is 0.479 e. The molecule has 35 heavy (non-hydrogen) atoms. The fourth-order valence-corrected chi connectivity index (χ4v) is 4.33. The first-order chi connectivity index (χ1) is 16.4. The molecule has 2 aliphatic rings. The second kappa shape index (κ2) is 10.1. The minimum absolute atomic E-state index is 0.0957. The van der Waals surface area contributed by atoms with E-state index in [9.17, 15) is 28.7 Å². The summed E-state index contributed by atoms with van der Waals surface area (Å²) in [7, 11) is 0. The van der Waals surface area contributed by atoms with Gasteiger partial charge in [-0.1, -0.05) is 32.9 Å². The van der Waals surface area contributed by atoms with Crippen LogP contribution in [0.2, 0.25) is 0 Å². The summed E-state index contributed by atoms with van der Waals surface area (Å²) in [6, 6.07) is 3.57. The Labute approximate surface area is 204 Å². The lowest BCUT2D eigenvalue weighted by atomic mass is 9.86. The van der Waals surface area contributed by atoms with Gasteiger partial charge in [-0.3, -0.25) is 9.59 Å². The van der Waals surface area contributed by atoms with E-state index >= 15 is 0 Å². The number of halogens is 1. The number of nitrogens with zero attached hydrogens (tertiary/aromatic N) is 1. The van der Waals surface area contributed by atoms with Crippen LogP contribution in [0.5, 0.6) is 0 Å². The Morgan fingerprint density at radius 1 is 1.31 bits per heavy atom. The van der Waals surface area contributed by atoms with Gasteiger partial charge in [0.2, 0.25) is 5.91 Å². The number of amides is 4. The number of benzene rings is 1. The number of aliphatic carboxylic acids is 1. The van der Waals surface area contributed by atoms with Gasteiger partial charge < -0.3 is 26.0 Å². The second-order valence-electron chi connectivity index (χ2n) is 10.3. The Balaban J connectivity index is 1.64. The maximum Gasteiger partial charge on any atom is 0.330 e. The minimum atomic E-state index is -1.36. The second-order valence-corrected chi connectivity index (χ2v) is 10.3. The number of carboxylic acids is 1. The van der Waals surface area contributed by atoms with Crippen LogP contribution < -0.4 is 16.0 Å². The summed E-state index contributed by atoms with van der Waals surface area (Å²) < 4.78 is 13.4. The van der Waals surface area contributed by atoms with Gasteiger partial charge in [0.1, 0.15) is 17.4 Å². The van der Waals surface area contributed by atoms with E-state index in [1.165, 1.54) is 29.2 Å². The Morgan fingerprint density at radius 2 is 2.03 bits per heavy atom. The highest BCUT2D eigenvalue weighted by atomic mass is 19.1. The number of carbonyl (C=O) groups is 4. The summed E-state index contributed by atoms with van der Waals surface area (Å²) in [5.74, 6) is -2.96. The van der Waals surface area contributed by atoms with Crippen molar-refractivity contribution in [2.75, 3.05) is 13.1 Å². The number of carboxylic acid groups (broad SMARTS) is 1. The van der Waals surface area contributed by atoms with E-state index in [1.807, 2.05) is 20.8 Å². The van der Waals surface area contributed by atoms with Gasteiger partial charge in [-0.15, -0.1) is 6.58 Å². The summed E-state index contributed by atoms with van der Waals surface area (Å²) in [6.45, 7) is 9.77. The molecule has 1 unspecified atom stereocenters. The molecule has 9 nitrogen and oxygen atoms in total.